The standard InChI is InChI=1S/C16H20N2O3S/c1-3-11(2)17-15(19)12-6-4-5-7-13(12)18-16(20)14-10-22-9-8-21-14/h4-7,10-11H,3,8-9H2,1-2H3,(H,17,19)(H,18,20)/t11-/m1/s1. The summed E-state index contributed by atoms with van der Waals surface area (Å²) in [6.07, 6.45) is 0.845. The molecule has 6 heteroatoms. The molecular weight excluding hydrogens is 300 g/mol. The van der Waals surface area contributed by atoms with Crippen molar-refractivity contribution in [2.24, 2.45) is 0 Å². The van der Waals surface area contributed by atoms with Gasteiger partial charge in [-0.05, 0) is 25.5 Å². The van der Waals surface area contributed by atoms with Crippen molar-refractivity contribution in [3.63, 3.8) is 0 Å². The number of rotatable bonds is 5. The van der Waals surface area contributed by atoms with Crippen molar-refractivity contribution >= 4 is 29.3 Å². The molecule has 5 nitrogen and oxygen atoms in total. The van der Waals surface area contributed by atoms with Crippen molar-refractivity contribution in [3.8, 4) is 0 Å². The van der Waals surface area contributed by atoms with Crippen LogP contribution < -0.4 is 10.6 Å². The summed E-state index contributed by atoms with van der Waals surface area (Å²) in [6, 6.07) is 7.03. The van der Waals surface area contributed by atoms with Gasteiger partial charge < -0.3 is 15.4 Å². The minimum atomic E-state index is -0.337. The Bertz CT molecular complexity index is 587. The normalized spacial score (nSPS) is 15.3. The van der Waals surface area contributed by atoms with Crippen LogP contribution in [0.15, 0.2) is 35.4 Å². The third-order valence-electron chi connectivity index (χ3n) is 3.28. The van der Waals surface area contributed by atoms with Crippen molar-refractivity contribution in [2.45, 2.75) is 26.3 Å². The van der Waals surface area contributed by atoms with Crippen LogP contribution in [0.2, 0.25) is 0 Å². The van der Waals surface area contributed by atoms with Crippen LogP contribution in [0.25, 0.3) is 0 Å². The molecule has 1 aromatic carbocycles. The van der Waals surface area contributed by atoms with Gasteiger partial charge in [-0.25, -0.2) is 0 Å². The fourth-order valence-corrected chi connectivity index (χ4v) is 2.49. The Balaban J connectivity index is 2.12. The quantitative estimate of drug-likeness (QED) is 0.875. The second-order valence-corrected chi connectivity index (χ2v) is 5.96. The first-order valence-electron chi connectivity index (χ1n) is 7.27. The Morgan fingerprint density at radius 2 is 2.09 bits per heavy atom. The molecule has 0 fully saturated rings. The molecule has 1 heterocycles. The molecule has 1 aliphatic heterocycles. The van der Waals surface area contributed by atoms with Crippen LogP contribution in [0.5, 0.6) is 0 Å². The van der Waals surface area contributed by atoms with Crippen LogP contribution in [-0.2, 0) is 9.53 Å². The molecule has 1 aromatic rings. The number of carbonyl (C=O) groups excluding carboxylic acids is 2. The zero-order valence-corrected chi connectivity index (χ0v) is 13.5. The third-order valence-corrected chi connectivity index (χ3v) is 4.07. The molecule has 2 N–H and O–H groups in total. The summed E-state index contributed by atoms with van der Waals surface area (Å²) in [4.78, 5) is 24.5. The number of ether oxygens (including phenoxy) is 1. The number of amides is 2. The highest BCUT2D eigenvalue weighted by molar-refractivity contribution is 8.02. The van der Waals surface area contributed by atoms with Gasteiger partial charge in [0.25, 0.3) is 11.8 Å². The smallest absolute Gasteiger partial charge is 0.291 e. The summed E-state index contributed by atoms with van der Waals surface area (Å²) in [5, 5.41) is 7.34. The number of hydrogen-bond donors (Lipinski definition) is 2. The van der Waals surface area contributed by atoms with Crippen LogP contribution in [0.1, 0.15) is 30.6 Å². The lowest BCUT2D eigenvalue weighted by Crippen LogP contribution is -2.32. The molecule has 1 aliphatic rings. The molecule has 2 amide bonds. The van der Waals surface area contributed by atoms with E-state index in [9.17, 15) is 9.59 Å². The lowest BCUT2D eigenvalue weighted by molar-refractivity contribution is -0.116. The van der Waals surface area contributed by atoms with E-state index in [1.165, 1.54) is 11.8 Å². The van der Waals surface area contributed by atoms with Gasteiger partial charge in [0, 0.05) is 17.2 Å². The van der Waals surface area contributed by atoms with Crippen LogP contribution in [0.4, 0.5) is 5.69 Å². The number of para-hydroxylation sites is 1. The van der Waals surface area contributed by atoms with Gasteiger partial charge in [-0.3, -0.25) is 9.59 Å². The molecule has 1 atom stereocenters. The van der Waals surface area contributed by atoms with E-state index >= 15 is 0 Å². The van der Waals surface area contributed by atoms with Crippen molar-refractivity contribution in [1.82, 2.24) is 5.32 Å². The van der Waals surface area contributed by atoms with Crippen molar-refractivity contribution < 1.29 is 14.3 Å². The summed E-state index contributed by atoms with van der Waals surface area (Å²) in [5.41, 5.74) is 0.925. The minimum absolute atomic E-state index is 0.0806. The van der Waals surface area contributed by atoms with E-state index < -0.39 is 0 Å². The summed E-state index contributed by atoms with van der Waals surface area (Å²) in [7, 11) is 0. The SMILES string of the molecule is CC[C@@H](C)NC(=O)c1ccccc1NC(=O)C1=CSCCO1. The predicted octanol–water partition coefficient (Wildman–Crippen LogP) is 2.76. The van der Waals surface area contributed by atoms with Gasteiger partial charge in [-0.2, -0.15) is 0 Å². The molecule has 0 saturated carbocycles. The Hall–Kier alpha value is -1.95. The lowest BCUT2D eigenvalue weighted by atomic mass is 10.1. The second kappa shape index (κ2) is 7.89. The summed E-state index contributed by atoms with van der Waals surface area (Å²) in [5.74, 6) is 0.590. The largest absolute Gasteiger partial charge is 0.487 e. The topological polar surface area (TPSA) is 67.4 Å². The van der Waals surface area contributed by atoms with Crippen molar-refractivity contribution in [2.75, 3.05) is 17.7 Å². The van der Waals surface area contributed by atoms with Gasteiger partial charge in [0.2, 0.25) is 0 Å². The number of nitrogens with one attached hydrogen (secondary N) is 2. The van der Waals surface area contributed by atoms with E-state index in [0.29, 0.717) is 17.9 Å². The monoisotopic (exact) mass is 320 g/mol. The van der Waals surface area contributed by atoms with E-state index in [-0.39, 0.29) is 23.6 Å². The fourth-order valence-electron chi connectivity index (χ4n) is 1.87. The molecule has 0 spiro atoms. The minimum Gasteiger partial charge on any atom is -0.487 e. The van der Waals surface area contributed by atoms with Crippen molar-refractivity contribution in [1.29, 1.82) is 0 Å². The number of carbonyl (C=O) groups is 2. The molecular formula is C16H20N2O3S. The fraction of sp³-hybridized carbons (Fsp3) is 0.375. The zero-order valence-electron chi connectivity index (χ0n) is 12.7. The summed E-state index contributed by atoms with van der Waals surface area (Å²) < 4.78 is 5.32. The van der Waals surface area contributed by atoms with Crippen LogP contribution in [0.3, 0.4) is 0 Å². The molecule has 118 valence electrons. The van der Waals surface area contributed by atoms with Crippen LogP contribution >= 0.6 is 11.8 Å². The molecule has 0 saturated heterocycles. The average Bonchev–Trinajstić information content (AvgIpc) is 2.55. The number of anilines is 1. The number of hydrogen-bond acceptors (Lipinski definition) is 4. The highest BCUT2D eigenvalue weighted by Crippen LogP contribution is 2.19. The first kappa shape index (κ1) is 16.4. The highest BCUT2D eigenvalue weighted by Gasteiger charge is 2.18. The second-order valence-electron chi connectivity index (χ2n) is 4.98. The Labute approximate surface area is 134 Å². The van der Waals surface area contributed by atoms with Gasteiger partial charge in [-0.15, -0.1) is 11.8 Å². The molecule has 0 unspecified atom stereocenters. The van der Waals surface area contributed by atoms with Gasteiger partial charge in [0.05, 0.1) is 17.9 Å². The lowest BCUT2D eigenvalue weighted by Gasteiger charge is -2.17. The van der Waals surface area contributed by atoms with Crippen LogP contribution in [0, 0.1) is 0 Å². The van der Waals surface area contributed by atoms with Crippen molar-refractivity contribution in [3.05, 3.63) is 41.0 Å². The maximum absolute atomic E-state index is 12.3. The molecule has 2 rings (SSSR count). The molecule has 0 aromatic heterocycles. The first-order valence-corrected chi connectivity index (χ1v) is 8.32. The Morgan fingerprint density at radius 3 is 2.77 bits per heavy atom. The Morgan fingerprint density at radius 1 is 1.32 bits per heavy atom. The molecule has 22 heavy (non-hydrogen) atoms. The zero-order chi connectivity index (χ0) is 15.9. The van der Waals surface area contributed by atoms with Crippen LogP contribution in [-0.4, -0.2) is 30.2 Å². The maximum Gasteiger partial charge on any atom is 0.291 e. The maximum atomic E-state index is 12.3. The number of thioether (sulfide) groups is 1. The number of benzene rings is 1. The van der Waals surface area contributed by atoms with Gasteiger partial charge in [-0.1, -0.05) is 19.1 Å². The third kappa shape index (κ3) is 4.27. The summed E-state index contributed by atoms with van der Waals surface area (Å²) in [6.45, 7) is 4.46. The molecule has 0 aliphatic carbocycles. The van der Waals surface area contributed by atoms with Gasteiger partial charge >= 0.3 is 0 Å². The van der Waals surface area contributed by atoms with Gasteiger partial charge in [0.1, 0.15) is 0 Å². The average molecular weight is 320 g/mol. The molecule has 0 radical (unpaired) electrons. The van der Waals surface area contributed by atoms with E-state index in [0.717, 1.165) is 12.2 Å². The van der Waals surface area contributed by atoms with Gasteiger partial charge in [0.15, 0.2) is 5.76 Å². The summed E-state index contributed by atoms with van der Waals surface area (Å²) >= 11 is 1.54. The first-order chi connectivity index (χ1) is 10.6. The predicted molar refractivity (Wildman–Crippen MR) is 88.8 cm³/mol. The van der Waals surface area contributed by atoms with E-state index in [2.05, 4.69) is 10.6 Å². The highest BCUT2D eigenvalue weighted by atomic mass is 32.2. The van der Waals surface area contributed by atoms with E-state index in [1.54, 1.807) is 29.7 Å². The Kier molecular flexibility index (Phi) is 5.89. The van der Waals surface area contributed by atoms with E-state index in [1.807, 2.05) is 13.8 Å². The van der Waals surface area contributed by atoms with E-state index in [4.69, 9.17) is 4.74 Å². The molecule has 0 bridgehead atoms.